The first-order valence-corrected chi connectivity index (χ1v) is 6.99. The van der Waals surface area contributed by atoms with E-state index >= 15 is 0 Å². The molecule has 0 fully saturated rings. The van der Waals surface area contributed by atoms with Crippen molar-refractivity contribution in [2.45, 2.75) is 25.3 Å². The summed E-state index contributed by atoms with van der Waals surface area (Å²) in [4.78, 5) is 0. The molecule has 20 heavy (non-hydrogen) atoms. The largest absolute Gasteiger partial charge is 0.310 e. The quantitative estimate of drug-likeness (QED) is 0.893. The minimum Gasteiger partial charge on any atom is -0.310 e. The van der Waals surface area contributed by atoms with E-state index in [1.54, 1.807) is 18.2 Å². The molecule has 0 aromatic heterocycles. The van der Waals surface area contributed by atoms with E-state index in [9.17, 15) is 8.78 Å². The summed E-state index contributed by atoms with van der Waals surface area (Å²) in [7, 11) is 0. The molecule has 1 atom stereocenters. The van der Waals surface area contributed by atoms with Crippen molar-refractivity contribution in [1.29, 1.82) is 0 Å². The van der Waals surface area contributed by atoms with Gasteiger partial charge in [0.1, 0.15) is 11.6 Å². The van der Waals surface area contributed by atoms with Gasteiger partial charge >= 0.3 is 0 Å². The molecule has 1 aliphatic carbocycles. The zero-order valence-corrected chi connectivity index (χ0v) is 11.2. The molecular formula is C17H17F2N. The van der Waals surface area contributed by atoms with Crippen molar-refractivity contribution in [3.05, 3.63) is 70.8 Å². The van der Waals surface area contributed by atoms with Gasteiger partial charge in [-0.1, -0.05) is 24.3 Å². The minimum atomic E-state index is -0.207. The smallest absolute Gasteiger partial charge is 0.126 e. The molecule has 2 aromatic rings. The molecule has 0 saturated heterocycles. The van der Waals surface area contributed by atoms with Crippen LogP contribution in [-0.4, -0.2) is 6.54 Å². The van der Waals surface area contributed by atoms with Gasteiger partial charge < -0.3 is 5.32 Å². The molecule has 0 heterocycles. The molecule has 0 aliphatic heterocycles. The van der Waals surface area contributed by atoms with Crippen LogP contribution in [0.4, 0.5) is 8.78 Å². The Kier molecular flexibility index (Phi) is 3.79. The highest BCUT2D eigenvalue weighted by Crippen LogP contribution is 2.32. The van der Waals surface area contributed by atoms with E-state index in [1.807, 2.05) is 6.07 Å². The second kappa shape index (κ2) is 5.71. The van der Waals surface area contributed by atoms with Crippen LogP contribution in [0.15, 0.2) is 42.5 Å². The Balaban J connectivity index is 1.58. The Hall–Kier alpha value is -1.74. The molecule has 3 rings (SSSR count). The van der Waals surface area contributed by atoms with Crippen LogP contribution in [0.3, 0.4) is 0 Å². The van der Waals surface area contributed by atoms with Gasteiger partial charge in [0.15, 0.2) is 0 Å². The average Bonchev–Trinajstić information content (AvgIpc) is 2.86. The number of nitrogens with one attached hydrogen (secondary N) is 1. The first-order chi connectivity index (χ1) is 9.74. The van der Waals surface area contributed by atoms with Gasteiger partial charge in [-0.3, -0.25) is 0 Å². The second-order valence-corrected chi connectivity index (χ2v) is 5.23. The molecule has 2 aromatic carbocycles. The maximum atomic E-state index is 13.6. The van der Waals surface area contributed by atoms with Crippen LogP contribution < -0.4 is 5.32 Å². The fraction of sp³-hybridized carbons (Fsp3) is 0.294. The highest BCUT2D eigenvalue weighted by molar-refractivity contribution is 5.35. The van der Waals surface area contributed by atoms with Gasteiger partial charge in [0.05, 0.1) is 0 Å². The summed E-state index contributed by atoms with van der Waals surface area (Å²) in [5, 5.41) is 3.47. The first kappa shape index (κ1) is 13.3. The third-order valence-electron chi connectivity index (χ3n) is 3.93. The SMILES string of the molecule is Fc1ccc(CCNC2CCc3c(F)cccc32)cc1. The van der Waals surface area contributed by atoms with Crippen molar-refractivity contribution in [2.75, 3.05) is 6.54 Å². The Labute approximate surface area is 117 Å². The van der Waals surface area contributed by atoms with Crippen LogP contribution in [0.1, 0.15) is 29.2 Å². The monoisotopic (exact) mass is 273 g/mol. The second-order valence-electron chi connectivity index (χ2n) is 5.23. The summed E-state index contributed by atoms with van der Waals surface area (Å²) in [5.74, 6) is -0.299. The van der Waals surface area contributed by atoms with Gasteiger partial charge in [0.25, 0.3) is 0 Å². The van der Waals surface area contributed by atoms with E-state index in [0.29, 0.717) is 0 Å². The number of hydrogen-bond acceptors (Lipinski definition) is 1. The summed E-state index contributed by atoms with van der Waals surface area (Å²) >= 11 is 0. The summed E-state index contributed by atoms with van der Waals surface area (Å²) in [6.07, 6.45) is 2.59. The maximum Gasteiger partial charge on any atom is 0.126 e. The first-order valence-electron chi connectivity index (χ1n) is 6.99. The number of fused-ring (bicyclic) bond motifs is 1. The summed E-state index contributed by atoms with van der Waals surface area (Å²) < 4.78 is 26.4. The molecule has 0 bridgehead atoms. The van der Waals surface area contributed by atoms with E-state index in [-0.39, 0.29) is 17.7 Å². The van der Waals surface area contributed by atoms with Gasteiger partial charge in [-0.25, -0.2) is 8.78 Å². The van der Waals surface area contributed by atoms with Gasteiger partial charge in [-0.2, -0.15) is 0 Å². The average molecular weight is 273 g/mol. The summed E-state index contributed by atoms with van der Waals surface area (Å²) in [6, 6.07) is 12.1. The van der Waals surface area contributed by atoms with Crippen LogP contribution >= 0.6 is 0 Å². The number of benzene rings is 2. The van der Waals surface area contributed by atoms with Crippen molar-refractivity contribution in [3.63, 3.8) is 0 Å². The number of hydrogen-bond donors (Lipinski definition) is 1. The normalized spacial score (nSPS) is 17.2. The molecule has 0 saturated carbocycles. The Morgan fingerprint density at radius 1 is 1.05 bits per heavy atom. The highest BCUT2D eigenvalue weighted by Gasteiger charge is 2.23. The topological polar surface area (TPSA) is 12.0 Å². The number of rotatable bonds is 4. The van der Waals surface area contributed by atoms with Gasteiger partial charge in [0.2, 0.25) is 0 Å². The molecule has 1 N–H and O–H groups in total. The van der Waals surface area contributed by atoms with Crippen molar-refractivity contribution in [2.24, 2.45) is 0 Å². The van der Waals surface area contributed by atoms with Crippen molar-refractivity contribution in [1.82, 2.24) is 5.32 Å². The molecule has 0 spiro atoms. The Bertz CT molecular complexity index is 592. The predicted molar refractivity (Wildman–Crippen MR) is 75.6 cm³/mol. The van der Waals surface area contributed by atoms with Crippen molar-refractivity contribution in [3.8, 4) is 0 Å². The summed E-state index contributed by atoms with van der Waals surface area (Å²) in [5.41, 5.74) is 3.05. The van der Waals surface area contributed by atoms with E-state index < -0.39 is 0 Å². The standard InChI is InChI=1S/C17H17F2N/c18-13-6-4-12(5-7-13)10-11-20-17-9-8-14-15(17)2-1-3-16(14)19/h1-7,17,20H,8-11H2. The van der Waals surface area contributed by atoms with Crippen LogP contribution in [0.2, 0.25) is 0 Å². The Morgan fingerprint density at radius 3 is 2.65 bits per heavy atom. The number of halogens is 2. The van der Waals surface area contributed by atoms with Gasteiger partial charge in [0, 0.05) is 6.04 Å². The van der Waals surface area contributed by atoms with Gasteiger partial charge in [-0.15, -0.1) is 0 Å². The molecule has 1 unspecified atom stereocenters. The van der Waals surface area contributed by atoms with Crippen LogP contribution in [-0.2, 0) is 12.8 Å². The lowest BCUT2D eigenvalue weighted by Crippen LogP contribution is -2.21. The van der Waals surface area contributed by atoms with E-state index in [2.05, 4.69) is 5.32 Å². The molecule has 1 nitrogen and oxygen atoms in total. The van der Waals surface area contributed by atoms with E-state index in [1.165, 1.54) is 18.2 Å². The van der Waals surface area contributed by atoms with Crippen LogP contribution in [0.5, 0.6) is 0 Å². The van der Waals surface area contributed by atoms with E-state index in [4.69, 9.17) is 0 Å². The minimum absolute atomic E-state index is 0.0923. The molecule has 104 valence electrons. The predicted octanol–water partition coefficient (Wildman–Crippen LogP) is 3.78. The van der Waals surface area contributed by atoms with Gasteiger partial charge in [-0.05, 0) is 60.7 Å². The fourth-order valence-electron chi connectivity index (χ4n) is 2.86. The summed E-state index contributed by atoms with van der Waals surface area (Å²) in [6.45, 7) is 0.812. The molecule has 0 amide bonds. The van der Waals surface area contributed by atoms with Crippen LogP contribution in [0, 0.1) is 11.6 Å². The van der Waals surface area contributed by atoms with Crippen LogP contribution in [0.25, 0.3) is 0 Å². The fourth-order valence-corrected chi connectivity index (χ4v) is 2.86. The zero-order chi connectivity index (χ0) is 13.9. The van der Waals surface area contributed by atoms with Crippen molar-refractivity contribution >= 4 is 0 Å². The third kappa shape index (κ3) is 2.73. The molecule has 1 aliphatic rings. The van der Waals surface area contributed by atoms with Crippen molar-refractivity contribution < 1.29 is 8.78 Å². The molecular weight excluding hydrogens is 256 g/mol. The zero-order valence-electron chi connectivity index (χ0n) is 11.2. The molecule has 0 radical (unpaired) electrons. The lowest BCUT2D eigenvalue weighted by molar-refractivity contribution is 0.533. The highest BCUT2D eigenvalue weighted by atomic mass is 19.1. The van der Waals surface area contributed by atoms with E-state index in [0.717, 1.165) is 42.5 Å². The Morgan fingerprint density at radius 2 is 1.85 bits per heavy atom. The maximum absolute atomic E-state index is 13.6. The third-order valence-corrected chi connectivity index (χ3v) is 3.93. The molecule has 3 heteroatoms. The lowest BCUT2D eigenvalue weighted by atomic mass is 10.1. The lowest BCUT2D eigenvalue weighted by Gasteiger charge is -2.14.